The lowest BCUT2D eigenvalue weighted by atomic mass is 10.2. The van der Waals surface area contributed by atoms with Gasteiger partial charge in [-0.05, 0) is 31.3 Å². The zero-order valence-electron chi connectivity index (χ0n) is 15.9. The number of hydrogen-bond acceptors (Lipinski definition) is 6. The van der Waals surface area contributed by atoms with Crippen LogP contribution in [0.3, 0.4) is 0 Å². The molecule has 0 unspecified atom stereocenters. The van der Waals surface area contributed by atoms with E-state index in [9.17, 15) is 25.0 Å². The first-order valence-corrected chi connectivity index (χ1v) is 8.95. The number of rotatable bonds is 5. The summed E-state index contributed by atoms with van der Waals surface area (Å²) in [6.45, 7) is 1.73. The Morgan fingerprint density at radius 3 is 2.10 bits per heavy atom. The molecule has 0 saturated heterocycles. The van der Waals surface area contributed by atoms with E-state index in [0.717, 1.165) is 18.2 Å². The van der Waals surface area contributed by atoms with Crippen LogP contribution in [0.4, 0.5) is 22.7 Å². The number of nitrogens with zero attached hydrogens (tertiary/aromatic N) is 4. The summed E-state index contributed by atoms with van der Waals surface area (Å²) in [5, 5.41) is 27.5. The van der Waals surface area contributed by atoms with Crippen LogP contribution in [0.5, 0.6) is 0 Å². The smallest absolute Gasteiger partial charge is 0.295 e. The zero-order chi connectivity index (χ0) is 22.0. The van der Waals surface area contributed by atoms with Crippen molar-refractivity contribution in [3.05, 3.63) is 84.8 Å². The molecule has 2 N–H and O–H groups in total. The molecule has 0 aliphatic rings. The second-order valence-corrected chi connectivity index (χ2v) is 6.68. The van der Waals surface area contributed by atoms with E-state index in [4.69, 9.17) is 12.2 Å². The van der Waals surface area contributed by atoms with Crippen molar-refractivity contribution in [1.29, 1.82) is 0 Å². The monoisotopic (exact) mass is 428 g/mol. The first-order valence-electron chi connectivity index (χ1n) is 8.55. The first-order chi connectivity index (χ1) is 14.2. The second-order valence-electron chi connectivity index (χ2n) is 6.27. The highest BCUT2D eigenvalue weighted by Crippen LogP contribution is 2.26. The van der Waals surface area contributed by atoms with Crippen molar-refractivity contribution in [3.8, 4) is 5.69 Å². The predicted octanol–water partition coefficient (Wildman–Crippen LogP) is 3.11. The number of thiocarbonyl (C=S) groups is 1. The summed E-state index contributed by atoms with van der Waals surface area (Å²) in [6.07, 6.45) is 0. The molecule has 0 aliphatic carbocycles. The van der Waals surface area contributed by atoms with Gasteiger partial charge in [0.25, 0.3) is 16.9 Å². The molecular formula is C18H16N6O5S. The van der Waals surface area contributed by atoms with Gasteiger partial charge >= 0.3 is 0 Å². The van der Waals surface area contributed by atoms with Gasteiger partial charge in [-0.3, -0.25) is 29.7 Å². The summed E-state index contributed by atoms with van der Waals surface area (Å²) in [5.41, 5.74) is 0.237. The van der Waals surface area contributed by atoms with Gasteiger partial charge in [-0.2, -0.15) is 0 Å². The topological polar surface area (TPSA) is 137 Å². The number of para-hydroxylation sites is 1. The quantitative estimate of drug-likeness (QED) is 0.359. The van der Waals surface area contributed by atoms with Gasteiger partial charge in [0, 0.05) is 19.2 Å². The fourth-order valence-corrected chi connectivity index (χ4v) is 3.09. The van der Waals surface area contributed by atoms with Crippen LogP contribution >= 0.6 is 12.2 Å². The van der Waals surface area contributed by atoms with Crippen LogP contribution in [0.2, 0.25) is 0 Å². The minimum Gasteiger partial charge on any atom is -0.332 e. The number of hydrogen-bond donors (Lipinski definition) is 2. The minimum absolute atomic E-state index is 0.0455. The lowest BCUT2D eigenvalue weighted by Gasteiger charge is -2.09. The lowest BCUT2D eigenvalue weighted by molar-refractivity contribution is -0.394. The second kappa shape index (κ2) is 8.13. The molecule has 2 aromatic carbocycles. The van der Waals surface area contributed by atoms with Crippen LogP contribution in [0.25, 0.3) is 5.69 Å². The van der Waals surface area contributed by atoms with Crippen LogP contribution < -0.4 is 16.2 Å². The van der Waals surface area contributed by atoms with Crippen molar-refractivity contribution in [2.75, 3.05) is 10.6 Å². The number of aromatic nitrogens is 2. The molecule has 11 nitrogen and oxygen atoms in total. The van der Waals surface area contributed by atoms with Gasteiger partial charge in [-0.1, -0.05) is 18.2 Å². The molecule has 12 heteroatoms. The number of non-ortho nitro benzene ring substituents is 2. The van der Waals surface area contributed by atoms with E-state index in [-0.39, 0.29) is 22.0 Å². The standard InChI is InChI=1S/C18H16N6O5S/c1-11-16(17(25)22(21(11)2)13-6-4-3-5-7-13)20-18(30)19-12-8-14(23(26)27)10-15(9-12)24(28)29/h3-10H,1-2H3,(H2,19,20,30). The Kier molecular flexibility index (Phi) is 5.60. The molecule has 0 radical (unpaired) electrons. The van der Waals surface area contributed by atoms with Crippen molar-refractivity contribution >= 4 is 40.1 Å². The van der Waals surface area contributed by atoms with Crippen molar-refractivity contribution in [3.63, 3.8) is 0 Å². The highest BCUT2D eigenvalue weighted by atomic mass is 32.1. The lowest BCUT2D eigenvalue weighted by Crippen LogP contribution is -2.25. The number of nitrogens with one attached hydrogen (secondary N) is 2. The molecule has 0 aliphatic heterocycles. The van der Waals surface area contributed by atoms with Gasteiger partial charge in [-0.25, -0.2) is 4.68 Å². The summed E-state index contributed by atoms with van der Waals surface area (Å²) >= 11 is 5.21. The number of benzene rings is 2. The molecule has 0 bridgehead atoms. The van der Waals surface area contributed by atoms with Crippen LogP contribution in [0.1, 0.15) is 5.69 Å². The van der Waals surface area contributed by atoms with Crippen LogP contribution in [-0.4, -0.2) is 24.3 Å². The number of nitro groups is 2. The van der Waals surface area contributed by atoms with E-state index in [1.807, 2.05) is 6.07 Å². The predicted molar refractivity (Wildman–Crippen MR) is 115 cm³/mol. The first kappa shape index (κ1) is 20.7. The normalized spacial score (nSPS) is 10.5. The molecule has 30 heavy (non-hydrogen) atoms. The average Bonchev–Trinajstić information content (AvgIpc) is 2.91. The molecular weight excluding hydrogens is 412 g/mol. The Morgan fingerprint density at radius 1 is 1.00 bits per heavy atom. The molecule has 3 rings (SSSR count). The minimum atomic E-state index is -0.742. The van der Waals surface area contributed by atoms with Gasteiger partial charge in [0.1, 0.15) is 5.69 Å². The fraction of sp³-hybridized carbons (Fsp3) is 0.111. The van der Waals surface area contributed by atoms with Crippen LogP contribution in [0.15, 0.2) is 53.3 Å². The summed E-state index contributed by atoms with van der Waals surface area (Å²) in [7, 11) is 1.72. The molecule has 0 atom stereocenters. The Morgan fingerprint density at radius 2 is 1.57 bits per heavy atom. The zero-order valence-corrected chi connectivity index (χ0v) is 16.7. The van der Waals surface area contributed by atoms with E-state index >= 15 is 0 Å². The van der Waals surface area contributed by atoms with Crippen LogP contribution in [0, 0.1) is 27.2 Å². The van der Waals surface area contributed by atoms with Crippen molar-refractivity contribution in [1.82, 2.24) is 9.36 Å². The van der Waals surface area contributed by atoms with E-state index in [0.29, 0.717) is 11.4 Å². The maximum Gasteiger partial charge on any atom is 0.295 e. The maximum absolute atomic E-state index is 12.9. The summed E-state index contributed by atoms with van der Waals surface area (Å²) < 4.78 is 3.11. The molecule has 0 spiro atoms. The van der Waals surface area contributed by atoms with Gasteiger partial charge in [0.2, 0.25) is 0 Å². The Hall–Kier alpha value is -4.06. The molecule has 1 aromatic heterocycles. The molecule has 0 amide bonds. The molecule has 3 aromatic rings. The van der Waals surface area contributed by atoms with Gasteiger partial charge in [0.05, 0.1) is 33.0 Å². The van der Waals surface area contributed by atoms with Crippen molar-refractivity contribution < 1.29 is 9.85 Å². The Balaban J connectivity index is 1.90. The maximum atomic E-state index is 12.9. The highest BCUT2D eigenvalue weighted by Gasteiger charge is 2.19. The Bertz CT molecular complexity index is 1190. The van der Waals surface area contributed by atoms with Crippen molar-refractivity contribution in [2.45, 2.75) is 6.92 Å². The fourth-order valence-electron chi connectivity index (χ4n) is 2.87. The largest absolute Gasteiger partial charge is 0.332 e. The summed E-state index contributed by atoms with van der Waals surface area (Å²) in [6, 6.07) is 12.1. The third-order valence-electron chi connectivity index (χ3n) is 4.37. The van der Waals surface area contributed by atoms with Gasteiger partial charge < -0.3 is 10.6 Å². The molecule has 1 heterocycles. The summed E-state index contributed by atoms with van der Waals surface area (Å²) in [5.74, 6) is 0. The number of nitro benzene ring substituents is 2. The molecule has 154 valence electrons. The number of anilines is 2. The van der Waals surface area contributed by atoms with E-state index in [1.54, 1.807) is 42.9 Å². The van der Waals surface area contributed by atoms with Crippen LogP contribution in [-0.2, 0) is 7.05 Å². The van der Waals surface area contributed by atoms with Gasteiger partial charge in [-0.15, -0.1) is 0 Å². The summed E-state index contributed by atoms with van der Waals surface area (Å²) in [4.78, 5) is 33.5. The van der Waals surface area contributed by atoms with Gasteiger partial charge in [0.15, 0.2) is 5.11 Å². The average molecular weight is 428 g/mol. The third-order valence-corrected chi connectivity index (χ3v) is 4.58. The third kappa shape index (κ3) is 4.03. The molecule has 0 saturated carbocycles. The van der Waals surface area contributed by atoms with Crippen molar-refractivity contribution in [2.24, 2.45) is 7.05 Å². The highest BCUT2D eigenvalue weighted by molar-refractivity contribution is 7.80. The SMILES string of the molecule is Cc1c(NC(=S)Nc2cc([N+](=O)[O-])cc([N+](=O)[O-])c2)c(=O)n(-c2ccccc2)n1C. The van der Waals surface area contributed by atoms with E-state index in [2.05, 4.69) is 10.6 Å². The Labute approximate surface area is 174 Å². The van der Waals surface area contributed by atoms with E-state index in [1.165, 1.54) is 4.68 Å². The van der Waals surface area contributed by atoms with E-state index < -0.39 is 21.2 Å². The molecule has 0 fully saturated rings.